The first-order chi connectivity index (χ1) is 4.13. The van der Waals surface area contributed by atoms with Gasteiger partial charge in [0.2, 0.25) is 0 Å². The third-order valence-corrected chi connectivity index (χ3v) is 1.23. The molecule has 0 aromatic carbocycles. The van der Waals surface area contributed by atoms with Crippen molar-refractivity contribution in [1.29, 1.82) is 0 Å². The summed E-state index contributed by atoms with van der Waals surface area (Å²) < 4.78 is 0. The van der Waals surface area contributed by atoms with Gasteiger partial charge in [-0.15, -0.1) is 12.4 Å². The summed E-state index contributed by atoms with van der Waals surface area (Å²) in [5.41, 5.74) is 5.29. The molecule has 0 amide bonds. The van der Waals surface area contributed by atoms with E-state index in [4.69, 9.17) is 18.0 Å². The number of rotatable bonds is 4. The fraction of sp³-hybridized carbons (Fsp3) is 0.833. The zero-order valence-electron chi connectivity index (χ0n) is 6.46. The molecular formula is C6H15ClN2S. The second-order valence-electron chi connectivity index (χ2n) is 2.37. The molecule has 4 heteroatoms. The SMILES string of the molecule is CN(C)CCCC(N)=S.Cl. The van der Waals surface area contributed by atoms with Gasteiger partial charge in [-0.05, 0) is 33.5 Å². The highest BCUT2D eigenvalue weighted by molar-refractivity contribution is 7.80. The van der Waals surface area contributed by atoms with Gasteiger partial charge in [0.25, 0.3) is 0 Å². The molecule has 0 bridgehead atoms. The van der Waals surface area contributed by atoms with Crippen LogP contribution in [-0.2, 0) is 0 Å². The van der Waals surface area contributed by atoms with Crippen LogP contribution in [0, 0.1) is 0 Å². The molecule has 0 aliphatic carbocycles. The predicted octanol–water partition coefficient (Wildman–Crippen LogP) is 1.04. The first-order valence-corrected chi connectivity index (χ1v) is 3.47. The molecule has 0 atom stereocenters. The molecule has 2 nitrogen and oxygen atoms in total. The smallest absolute Gasteiger partial charge is 0.0727 e. The normalized spacial score (nSPS) is 9.10. The Bertz CT molecular complexity index is 95.7. The lowest BCUT2D eigenvalue weighted by Crippen LogP contribution is -2.16. The standard InChI is InChI=1S/C6H14N2S.ClH/c1-8(2)5-3-4-6(7)9;/h3-5H2,1-2H3,(H2,7,9);1H. The van der Waals surface area contributed by atoms with Crippen LogP contribution in [0.3, 0.4) is 0 Å². The maximum Gasteiger partial charge on any atom is 0.0727 e. The van der Waals surface area contributed by atoms with Gasteiger partial charge >= 0.3 is 0 Å². The molecule has 0 aromatic heterocycles. The zero-order chi connectivity index (χ0) is 7.28. The summed E-state index contributed by atoms with van der Waals surface area (Å²) >= 11 is 4.71. The topological polar surface area (TPSA) is 29.3 Å². The van der Waals surface area contributed by atoms with Crippen molar-refractivity contribution in [2.45, 2.75) is 12.8 Å². The second kappa shape index (κ2) is 7.25. The molecule has 0 heterocycles. The van der Waals surface area contributed by atoms with Gasteiger partial charge in [0.1, 0.15) is 0 Å². The lowest BCUT2D eigenvalue weighted by atomic mass is 10.3. The predicted molar refractivity (Wildman–Crippen MR) is 51.8 cm³/mol. The molecule has 0 aromatic rings. The first kappa shape index (κ1) is 12.8. The van der Waals surface area contributed by atoms with E-state index in [9.17, 15) is 0 Å². The van der Waals surface area contributed by atoms with Crippen LogP contribution in [0.1, 0.15) is 12.8 Å². The van der Waals surface area contributed by atoms with Crippen LogP contribution in [0.25, 0.3) is 0 Å². The van der Waals surface area contributed by atoms with Gasteiger partial charge in [-0.2, -0.15) is 0 Å². The molecule has 10 heavy (non-hydrogen) atoms. The molecule has 0 aliphatic heterocycles. The summed E-state index contributed by atoms with van der Waals surface area (Å²) in [6.07, 6.45) is 1.94. The minimum Gasteiger partial charge on any atom is -0.393 e. The third kappa shape index (κ3) is 11.0. The molecule has 0 saturated carbocycles. The van der Waals surface area contributed by atoms with Crippen molar-refractivity contribution in [2.75, 3.05) is 20.6 Å². The van der Waals surface area contributed by atoms with Crippen molar-refractivity contribution in [1.82, 2.24) is 4.90 Å². The fourth-order valence-electron chi connectivity index (χ4n) is 0.570. The van der Waals surface area contributed by atoms with Crippen molar-refractivity contribution in [3.63, 3.8) is 0 Å². The summed E-state index contributed by atoms with van der Waals surface area (Å²) in [6.45, 7) is 1.07. The Labute approximate surface area is 74.2 Å². The van der Waals surface area contributed by atoms with E-state index in [0.29, 0.717) is 4.99 Å². The minimum atomic E-state index is 0. The number of nitrogens with zero attached hydrogens (tertiary/aromatic N) is 1. The van der Waals surface area contributed by atoms with Crippen molar-refractivity contribution < 1.29 is 0 Å². The molecule has 0 saturated heterocycles. The zero-order valence-corrected chi connectivity index (χ0v) is 8.10. The van der Waals surface area contributed by atoms with E-state index in [0.717, 1.165) is 19.4 Å². The van der Waals surface area contributed by atoms with E-state index in [2.05, 4.69) is 4.90 Å². The molecule has 2 N–H and O–H groups in total. The summed E-state index contributed by atoms with van der Waals surface area (Å²) in [7, 11) is 4.08. The maximum atomic E-state index is 5.29. The second-order valence-corrected chi connectivity index (χ2v) is 2.90. The third-order valence-electron chi connectivity index (χ3n) is 1.03. The van der Waals surface area contributed by atoms with E-state index in [1.807, 2.05) is 14.1 Å². The Balaban J connectivity index is 0. The lowest BCUT2D eigenvalue weighted by molar-refractivity contribution is 0.404. The quantitative estimate of drug-likeness (QED) is 0.659. The largest absolute Gasteiger partial charge is 0.393 e. The molecule has 0 rings (SSSR count). The summed E-state index contributed by atoms with van der Waals surface area (Å²) in [4.78, 5) is 2.75. The molecule has 0 radical (unpaired) electrons. The number of hydrogen-bond donors (Lipinski definition) is 1. The van der Waals surface area contributed by atoms with E-state index in [1.54, 1.807) is 0 Å². The van der Waals surface area contributed by atoms with Gasteiger partial charge in [0, 0.05) is 0 Å². The summed E-state index contributed by atoms with van der Waals surface area (Å²) in [5.74, 6) is 0. The first-order valence-electron chi connectivity index (χ1n) is 3.06. The number of thiocarbonyl (C=S) groups is 1. The molecule has 0 fully saturated rings. The highest BCUT2D eigenvalue weighted by Gasteiger charge is 1.91. The van der Waals surface area contributed by atoms with Crippen molar-refractivity contribution in [3.05, 3.63) is 0 Å². The van der Waals surface area contributed by atoms with Gasteiger partial charge in [-0.1, -0.05) is 12.2 Å². The molecular weight excluding hydrogens is 168 g/mol. The van der Waals surface area contributed by atoms with E-state index >= 15 is 0 Å². The summed E-state index contributed by atoms with van der Waals surface area (Å²) in [5, 5.41) is 0. The van der Waals surface area contributed by atoms with E-state index < -0.39 is 0 Å². The van der Waals surface area contributed by atoms with Crippen LogP contribution in [0.4, 0.5) is 0 Å². The Kier molecular flexibility index (Phi) is 9.27. The van der Waals surface area contributed by atoms with Crippen LogP contribution < -0.4 is 5.73 Å². The van der Waals surface area contributed by atoms with Gasteiger partial charge in [0.05, 0.1) is 4.99 Å². The van der Waals surface area contributed by atoms with Gasteiger partial charge in [0.15, 0.2) is 0 Å². The maximum absolute atomic E-state index is 5.29. The minimum absolute atomic E-state index is 0. The average Bonchev–Trinajstić information content (AvgIpc) is 1.63. The van der Waals surface area contributed by atoms with E-state index in [1.165, 1.54) is 0 Å². The fourth-order valence-corrected chi connectivity index (χ4v) is 0.714. The van der Waals surface area contributed by atoms with Crippen molar-refractivity contribution in [3.8, 4) is 0 Å². The van der Waals surface area contributed by atoms with Crippen LogP contribution in [-0.4, -0.2) is 30.5 Å². The van der Waals surface area contributed by atoms with Crippen LogP contribution in [0.5, 0.6) is 0 Å². The van der Waals surface area contributed by atoms with E-state index in [-0.39, 0.29) is 12.4 Å². The Morgan fingerprint density at radius 1 is 1.50 bits per heavy atom. The Hall–Kier alpha value is 0.140. The van der Waals surface area contributed by atoms with Gasteiger partial charge < -0.3 is 10.6 Å². The summed E-state index contributed by atoms with van der Waals surface area (Å²) in [6, 6.07) is 0. The molecule has 62 valence electrons. The van der Waals surface area contributed by atoms with Crippen LogP contribution in [0.2, 0.25) is 0 Å². The van der Waals surface area contributed by atoms with Gasteiger partial charge in [-0.3, -0.25) is 0 Å². The van der Waals surface area contributed by atoms with Gasteiger partial charge in [-0.25, -0.2) is 0 Å². The van der Waals surface area contributed by atoms with Crippen LogP contribution >= 0.6 is 24.6 Å². The molecule has 0 spiro atoms. The Morgan fingerprint density at radius 2 is 2.00 bits per heavy atom. The van der Waals surface area contributed by atoms with Crippen molar-refractivity contribution >= 4 is 29.6 Å². The lowest BCUT2D eigenvalue weighted by Gasteiger charge is -2.07. The average molecular weight is 183 g/mol. The Morgan fingerprint density at radius 3 is 2.30 bits per heavy atom. The monoisotopic (exact) mass is 182 g/mol. The highest BCUT2D eigenvalue weighted by Crippen LogP contribution is 1.89. The molecule has 0 unspecified atom stereocenters. The van der Waals surface area contributed by atoms with Crippen molar-refractivity contribution in [2.24, 2.45) is 5.73 Å². The number of nitrogens with two attached hydrogens (primary N) is 1. The number of hydrogen-bond acceptors (Lipinski definition) is 2. The highest BCUT2D eigenvalue weighted by atomic mass is 35.5. The van der Waals surface area contributed by atoms with Crippen LogP contribution in [0.15, 0.2) is 0 Å². The molecule has 0 aliphatic rings. The number of halogens is 1.